The Balaban J connectivity index is 1.45. The molecule has 0 spiro atoms. The predicted octanol–water partition coefficient (Wildman–Crippen LogP) is -0.177. The number of nitrogens with one attached hydrogen (secondary N) is 1. The van der Waals surface area contributed by atoms with Crippen molar-refractivity contribution in [2.24, 2.45) is 11.0 Å². The summed E-state index contributed by atoms with van der Waals surface area (Å²) in [5, 5.41) is 3.90. The van der Waals surface area contributed by atoms with Crippen LogP contribution in [0.1, 0.15) is 25.7 Å². The third kappa shape index (κ3) is 3.84. The lowest BCUT2D eigenvalue weighted by atomic mass is 9.95. The lowest BCUT2D eigenvalue weighted by molar-refractivity contribution is -0.126. The summed E-state index contributed by atoms with van der Waals surface area (Å²) in [6.07, 6.45) is 2.90. The van der Waals surface area contributed by atoms with Crippen LogP contribution in [0, 0.1) is 5.92 Å². The Morgan fingerprint density at radius 1 is 1.18 bits per heavy atom. The van der Waals surface area contributed by atoms with E-state index in [-0.39, 0.29) is 11.8 Å². The van der Waals surface area contributed by atoms with Crippen molar-refractivity contribution in [2.45, 2.75) is 25.7 Å². The number of ether oxygens (including phenoxy) is 1. The van der Waals surface area contributed by atoms with Gasteiger partial charge in [0.05, 0.1) is 13.2 Å². The average molecular weight is 308 g/mol. The molecule has 0 aromatic rings. The van der Waals surface area contributed by atoms with E-state index < -0.39 is 0 Å². The van der Waals surface area contributed by atoms with Crippen molar-refractivity contribution in [3.63, 3.8) is 0 Å². The fourth-order valence-corrected chi connectivity index (χ4v) is 3.28. The van der Waals surface area contributed by atoms with Crippen LogP contribution in [0.25, 0.3) is 0 Å². The van der Waals surface area contributed by atoms with E-state index in [1.54, 1.807) is 0 Å². The highest BCUT2D eigenvalue weighted by molar-refractivity contribution is 6.39. The lowest BCUT2D eigenvalue weighted by Crippen LogP contribution is -2.46. The van der Waals surface area contributed by atoms with Gasteiger partial charge in [0.1, 0.15) is 5.71 Å². The minimum atomic E-state index is -0.110. The zero-order valence-corrected chi connectivity index (χ0v) is 12.9. The number of amides is 2. The van der Waals surface area contributed by atoms with Crippen molar-refractivity contribution in [3.05, 3.63) is 0 Å². The maximum atomic E-state index is 12.4. The van der Waals surface area contributed by atoms with Crippen LogP contribution in [0.4, 0.5) is 0 Å². The summed E-state index contributed by atoms with van der Waals surface area (Å²) in [6.45, 7) is 6.42. The Bertz CT molecular complexity index is 452. The molecule has 0 bridgehead atoms. The molecule has 3 heterocycles. The number of nitrogens with zero attached hydrogens (tertiary/aromatic N) is 3. The van der Waals surface area contributed by atoms with Crippen LogP contribution in [-0.2, 0) is 14.3 Å². The largest absolute Gasteiger partial charge is 0.379 e. The van der Waals surface area contributed by atoms with Crippen LogP contribution in [0.5, 0.6) is 0 Å². The maximum Gasteiger partial charge on any atom is 0.270 e. The molecule has 122 valence electrons. The molecule has 2 amide bonds. The van der Waals surface area contributed by atoms with E-state index in [0.29, 0.717) is 24.5 Å². The molecule has 0 saturated carbocycles. The zero-order valence-electron chi connectivity index (χ0n) is 12.9. The van der Waals surface area contributed by atoms with Gasteiger partial charge in [-0.25, -0.2) is 5.43 Å². The van der Waals surface area contributed by atoms with Crippen molar-refractivity contribution in [2.75, 3.05) is 45.9 Å². The van der Waals surface area contributed by atoms with Gasteiger partial charge in [0.15, 0.2) is 0 Å². The van der Waals surface area contributed by atoms with Gasteiger partial charge in [-0.3, -0.25) is 14.5 Å². The molecular weight excluding hydrogens is 284 g/mol. The summed E-state index contributed by atoms with van der Waals surface area (Å²) in [4.78, 5) is 27.8. The summed E-state index contributed by atoms with van der Waals surface area (Å²) in [5.41, 5.74) is 2.89. The third-order valence-electron chi connectivity index (χ3n) is 4.67. The first-order valence-electron chi connectivity index (χ1n) is 8.17. The molecule has 3 aliphatic heterocycles. The molecular formula is C15H24N4O3. The van der Waals surface area contributed by atoms with Crippen molar-refractivity contribution in [3.8, 4) is 0 Å². The van der Waals surface area contributed by atoms with Gasteiger partial charge in [-0.2, -0.15) is 5.10 Å². The van der Waals surface area contributed by atoms with E-state index in [4.69, 9.17) is 4.74 Å². The summed E-state index contributed by atoms with van der Waals surface area (Å²) in [5.74, 6) is 0.542. The van der Waals surface area contributed by atoms with Gasteiger partial charge >= 0.3 is 0 Å². The number of carbonyl (C=O) groups excluding carboxylic acids is 2. The number of morpholine rings is 1. The highest BCUT2D eigenvalue weighted by Gasteiger charge is 2.28. The number of carbonyl (C=O) groups is 2. The Morgan fingerprint density at radius 2 is 1.91 bits per heavy atom. The second kappa shape index (κ2) is 7.19. The minimum absolute atomic E-state index is 0.00942. The Kier molecular flexibility index (Phi) is 5.04. The molecule has 7 heteroatoms. The Morgan fingerprint density at radius 3 is 2.55 bits per heavy atom. The smallest absolute Gasteiger partial charge is 0.270 e. The van der Waals surface area contributed by atoms with E-state index in [0.717, 1.165) is 58.8 Å². The molecule has 22 heavy (non-hydrogen) atoms. The second-order valence-electron chi connectivity index (χ2n) is 6.24. The van der Waals surface area contributed by atoms with Crippen LogP contribution in [0.15, 0.2) is 5.10 Å². The minimum Gasteiger partial charge on any atom is -0.379 e. The maximum absolute atomic E-state index is 12.4. The third-order valence-corrected chi connectivity index (χ3v) is 4.67. The fourth-order valence-electron chi connectivity index (χ4n) is 3.28. The molecule has 2 fully saturated rings. The van der Waals surface area contributed by atoms with Gasteiger partial charge in [0.2, 0.25) is 5.91 Å². The Labute approximate surface area is 130 Å². The van der Waals surface area contributed by atoms with E-state index >= 15 is 0 Å². The van der Waals surface area contributed by atoms with Crippen LogP contribution >= 0.6 is 0 Å². The van der Waals surface area contributed by atoms with E-state index in [1.807, 2.05) is 4.90 Å². The van der Waals surface area contributed by atoms with Crippen molar-refractivity contribution < 1.29 is 14.3 Å². The molecule has 7 nitrogen and oxygen atoms in total. The van der Waals surface area contributed by atoms with Gasteiger partial charge in [0.25, 0.3) is 5.91 Å². The first-order valence-corrected chi connectivity index (χ1v) is 8.17. The molecule has 0 atom stereocenters. The molecule has 0 aliphatic carbocycles. The van der Waals surface area contributed by atoms with Crippen molar-refractivity contribution >= 4 is 17.5 Å². The second-order valence-corrected chi connectivity index (χ2v) is 6.24. The highest BCUT2D eigenvalue weighted by Crippen LogP contribution is 2.20. The van der Waals surface area contributed by atoms with Crippen molar-refractivity contribution in [1.29, 1.82) is 0 Å². The summed E-state index contributed by atoms with van der Waals surface area (Å²) in [6, 6.07) is 0. The number of hydrogen-bond donors (Lipinski definition) is 1. The molecule has 2 saturated heterocycles. The predicted molar refractivity (Wildman–Crippen MR) is 81.4 cm³/mol. The van der Waals surface area contributed by atoms with Crippen LogP contribution < -0.4 is 5.43 Å². The average Bonchev–Trinajstić information content (AvgIpc) is 2.57. The monoisotopic (exact) mass is 308 g/mol. The van der Waals surface area contributed by atoms with E-state index in [9.17, 15) is 9.59 Å². The number of likely N-dealkylation sites (tertiary alicyclic amines) is 1. The molecule has 1 N–H and O–H groups in total. The van der Waals surface area contributed by atoms with Crippen LogP contribution in [-0.4, -0.2) is 73.3 Å². The van der Waals surface area contributed by atoms with Gasteiger partial charge in [-0.1, -0.05) is 0 Å². The van der Waals surface area contributed by atoms with Gasteiger partial charge < -0.3 is 9.64 Å². The Hall–Kier alpha value is -1.47. The summed E-state index contributed by atoms with van der Waals surface area (Å²) in [7, 11) is 0. The normalized spacial score (nSPS) is 24.8. The van der Waals surface area contributed by atoms with Gasteiger partial charge in [-0.15, -0.1) is 0 Å². The first kappa shape index (κ1) is 15.4. The topological polar surface area (TPSA) is 74.2 Å². The molecule has 0 unspecified atom stereocenters. The number of rotatable bonds is 3. The van der Waals surface area contributed by atoms with E-state index in [2.05, 4.69) is 15.4 Å². The molecule has 0 aromatic carbocycles. The number of hydrazone groups is 1. The van der Waals surface area contributed by atoms with E-state index in [1.165, 1.54) is 0 Å². The number of hydrogen-bond acceptors (Lipinski definition) is 5. The van der Waals surface area contributed by atoms with Gasteiger partial charge in [-0.05, 0) is 18.8 Å². The first-order chi connectivity index (χ1) is 10.7. The summed E-state index contributed by atoms with van der Waals surface area (Å²) >= 11 is 0. The SMILES string of the molecule is O=C1CCC(C(=O)N2CCC(CN3CCOCC3)CC2)=NN1. The standard InChI is InChI=1S/C15H24N4O3/c20-14-2-1-13(16-17-14)15(21)19-5-3-12(4-6-19)11-18-7-9-22-10-8-18/h12H,1-11H2,(H,17,20). The highest BCUT2D eigenvalue weighted by atomic mass is 16.5. The quantitative estimate of drug-likeness (QED) is 0.785. The fraction of sp³-hybridized carbons (Fsp3) is 0.800. The van der Waals surface area contributed by atoms with Crippen LogP contribution in [0.2, 0.25) is 0 Å². The summed E-state index contributed by atoms with van der Waals surface area (Å²) < 4.78 is 5.37. The zero-order chi connectivity index (χ0) is 15.4. The molecule has 0 aromatic heterocycles. The molecule has 3 rings (SSSR count). The van der Waals surface area contributed by atoms with Crippen molar-refractivity contribution in [1.82, 2.24) is 15.2 Å². The van der Waals surface area contributed by atoms with Crippen LogP contribution in [0.3, 0.4) is 0 Å². The number of piperidine rings is 1. The molecule has 0 radical (unpaired) electrons. The molecule has 3 aliphatic rings. The lowest BCUT2D eigenvalue weighted by Gasteiger charge is -2.36. The van der Waals surface area contributed by atoms with Gasteiger partial charge in [0, 0.05) is 45.6 Å².